The maximum Gasteiger partial charge on any atom is 0.373 e. The lowest BCUT2D eigenvalue weighted by molar-refractivity contribution is -0.159. The van der Waals surface area contributed by atoms with Gasteiger partial charge < -0.3 is 9.84 Å². The van der Waals surface area contributed by atoms with Crippen LogP contribution in [0.15, 0.2) is 14.4 Å². The van der Waals surface area contributed by atoms with Crippen LogP contribution in [0.5, 0.6) is 0 Å². The number of halogens is 2. The minimum Gasteiger partial charge on any atom is -0.459 e. The number of hydrogen-bond acceptors (Lipinski definition) is 6. The number of rotatable bonds is 12. The van der Waals surface area contributed by atoms with Crippen molar-refractivity contribution in [1.82, 2.24) is 13.7 Å². The Hall–Kier alpha value is -1.87. The van der Waals surface area contributed by atoms with Crippen LogP contribution in [-0.4, -0.2) is 61.5 Å². The summed E-state index contributed by atoms with van der Waals surface area (Å²) in [6.07, 6.45) is -4.28. The molecule has 0 saturated heterocycles. The third-order valence-electron chi connectivity index (χ3n) is 4.47. The van der Waals surface area contributed by atoms with E-state index in [0.717, 1.165) is 15.2 Å². The highest BCUT2D eigenvalue weighted by molar-refractivity contribution is 6.55. The lowest BCUT2D eigenvalue weighted by atomic mass is 10.3. The van der Waals surface area contributed by atoms with Gasteiger partial charge in [-0.2, -0.15) is 8.78 Å². The zero-order valence-electron chi connectivity index (χ0n) is 17.8. The Morgan fingerprint density at radius 2 is 1.43 bits per heavy atom. The summed E-state index contributed by atoms with van der Waals surface area (Å²) in [6.45, 7) is 7.36. The molecule has 0 amide bonds. The van der Waals surface area contributed by atoms with Crippen LogP contribution in [0.2, 0.25) is 38.3 Å². The van der Waals surface area contributed by atoms with Gasteiger partial charge in [0.2, 0.25) is 0 Å². The molecule has 0 saturated carbocycles. The predicted octanol–water partition coefficient (Wildman–Crippen LogP) is -0.296. The van der Waals surface area contributed by atoms with Crippen molar-refractivity contribution in [2.24, 2.45) is 0 Å². The van der Waals surface area contributed by atoms with Crippen LogP contribution in [0.4, 0.5) is 8.78 Å². The molecule has 13 heteroatoms. The van der Waals surface area contributed by atoms with Crippen molar-refractivity contribution in [2.45, 2.75) is 76.9 Å². The molecule has 0 aliphatic heterocycles. The molecule has 9 nitrogen and oxygen atoms in total. The average molecular weight is 468 g/mol. The fourth-order valence-electron chi connectivity index (χ4n) is 2.77. The van der Waals surface area contributed by atoms with Crippen molar-refractivity contribution in [3.05, 3.63) is 31.5 Å². The molecule has 1 atom stereocenters. The van der Waals surface area contributed by atoms with Gasteiger partial charge in [-0.25, -0.2) is 32.9 Å². The number of aromatic nitrogens is 3. The predicted molar refractivity (Wildman–Crippen MR) is 114 cm³/mol. The number of hydrogen-bond donors (Lipinski definition) is 1. The number of ether oxygens (including phenoxy) is 1. The molecular formula is C17H31F2N3O6Si2. The summed E-state index contributed by atoms with van der Waals surface area (Å²) in [6, 6.07) is 1.58. The highest BCUT2D eigenvalue weighted by Crippen LogP contribution is 2.00. The molecule has 0 radical (unpaired) electrons. The zero-order chi connectivity index (χ0) is 23.0. The third-order valence-corrected chi connectivity index (χ3v) is 7.44. The Kier molecular flexibility index (Phi) is 10.6. The minimum absolute atomic E-state index is 0.151. The molecule has 172 valence electrons. The molecule has 0 aliphatic carbocycles. The van der Waals surface area contributed by atoms with E-state index in [-0.39, 0.29) is 13.1 Å². The number of aliphatic hydroxyl groups is 1. The molecule has 30 heavy (non-hydrogen) atoms. The quantitative estimate of drug-likeness (QED) is 0.334. The third kappa shape index (κ3) is 7.76. The molecule has 0 bridgehead atoms. The number of aliphatic hydroxyl groups excluding tert-OH is 1. The van der Waals surface area contributed by atoms with Crippen LogP contribution in [0.1, 0.15) is 6.42 Å². The fourth-order valence-corrected chi connectivity index (χ4v) is 4.54. The van der Waals surface area contributed by atoms with Crippen LogP contribution in [0.25, 0.3) is 0 Å². The summed E-state index contributed by atoms with van der Waals surface area (Å²) >= 11 is 0. The molecule has 0 fully saturated rings. The first-order valence-electron chi connectivity index (χ1n) is 10.0. The van der Waals surface area contributed by atoms with E-state index in [1.165, 1.54) is 0 Å². The highest BCUT2D eigenvalue weighted by atomic mass is 28.3. The van der Waals surface area contributed by atoms with Crippen LogP contribution in [0.3, 0.4) is 0 Å². The van der Waals surface area contributed by atoms with Crippen molar-refractivity contribution in [2.75, 3.05) is 6.61 Å². The Morgan fingerprint density at radius 3 is 1.93 bits per heavy atom. The van der Waals surface area contributed by atoms with Gasteiger partial charge in [0.15, 0.2) is 0 Å². The largest absolute Gasteiger partial charge is 0.459 e. The van der Waals surface area contributed by atoms with Crippen LogP contribution in [0, 0.1) is 0 Å². The maximum absolute atomic E-state index is 12.8. The monoisotopic (exact) mass is 467 g/mol. The summed E-state index contributed by atoms with van der Waals surface area (Å²) in [5, 5.41) is 10.00. The van der Waals surface area contributed by atoms with E-state index in [2.05, 4.69) is 30.9 Å². The molecule has 1 N–H and O–H groups in total. The van der Waals surface area contributed by atoms with Gasteiger partial charge in [-0.15, -0.1) is 0 Å². The molecule has 1 aromatic rings. The lowest BCUT2D eigenvalue weighted by Crippen LogP contribution is -2.55. The van der Waals surface area contributed by atoms with E-state index in [4.69, 9.17) is 0 Å². The van der Waals surface area contributed by atoms with Crippen molar-refractivity contribution in [3.8, 4) is 0 Å². The summed E-state index contributed by atoms with van der Waals surface area (Å²) in [7, 11) is -1.98. The van der Waals surface area contributed by atoms with E-state index in [0.29, 0.717) is 17.0 Å². The van der Waals surface area contributed by atoms with E-state index < -0.39 is 66.3 Å². The second kappa shape index (κ2) is 12.1. The van der Waals surface area contributed by atoms with Gasteiger partial charge in [-0.3, -0.25) is 0 Å². The maximum atomic E-state index is 12.8. The summed E-state index contributed by atoms with van der Waals surface area (Å²) < 4.78 is 31.3. The normalized spacial score (nSPS) is 12.7. The van der Waals surface area contributed by atoms with Gasteiger partial charge in [-0.1, -0.05) is 32.2 Å². The first-order valence-corrected chi connectivity index (χ1v) is 16.3. The average Bonchev–Trinajstić information content (AvgIpc) is 2.65. The summed E-state index contributed by atoms with van der Waals surface area (Å²) in [4.78, 5) is 49.1. The molecular weight excluding hydrogens is 436 g/mol. The standard InChI is InChI=1S/C17H31F2N3O6Si2/c1-29(2)8-5-6-20-15(25)21(7-9-30(3)4)17(27)22(16(20)26)10-12(23)11-28-14(24)13(18)19/h12-13,23,29-30H,5-11H2,1-4H3. The molecule has 0 spiro atoms. The van der Waals surface area contributed by atoms with E-state index in [1.54, 1.807) is 0 Å². The van der Waals surface area contributed by atoms with Gasteiger partial charge in [0.25, 0.3) is 0 Å². The number of alkyl halides is 2. The fraction of sp³-hybridized carbons (Fsp3) is 0.765. The smallest absolute Gasteiger partial charge is 0.373 e. The Morgan fingerprint density at radius 1 is 0.933 bits per heavy atom. The van der Waals surface area contributed by atoms with Gasteiger partial charge in [0.05, 0.1) is 6.54 Å². The van der Waals surface area contributed by atoms with Gasteiger partial charge in [0, 0.05) is 30.7 Å². The van der Waals surface area contributed by atoms with Crippen molar-refractivity contribution >= 4 is 23.6 Å². The van der Waals surface area contributed by atoms with Gasteiger partial charge >= 0.3 is 29.5 Å². The lowest BCUT2D eigenvalue weighted by Gasteiger charge is -2.17. The molecule has 1 heterocycles. The van der Waals surface area contributed by atoms with Crippen molar-refractivity contribution in [3.63, 3.8) is 0 Å². The number of carbonyl (C=O) groups is 1. The SMILES string of the molecule is C[SiH](C)CCCn1c(=O)n(CC[SiH](C)C)c(=O)n(CC(O)COC(=O)C(F)F)c1=O. The molecule has 0 aliphatic rings. The molecule has 1 aromatic heterocycles. The number of nitrogens with zero attached hydrogens (tertiary/aromatic N) is 3. The second-order valence-corrected chi connectivity index (χ2v) is 14.8. The van der Waals surface area contributed by atoms with Crippen LogP contribution in [-0.2, 0) is 29.2 Å². The second-order valence-electron chi connectivity index (χ2n) is 8.06. The molecule has 1 rings (SSSR count). The van der Waals surface area contributed by atoms with Crippen molar-refractivity contribution in [1.29, 1.82) is 0 Å². The number of esters is 1. The van der Waals surface area contributed by atoms with Gasteiger partial charge in [-0.05, 0) is 12.5 Å². The number of carbonyl (C=O) groups excluding carboxylic acids is 1. The first kappa shape index (κ1) is 26.2. The summed E-state index contributed by atoms with van der Waals surface area (Å²) in [5.74, 6) is -1.80. The highest BCUT2D eigenvalue weighted by Gasteiger charge is 2.21. The molecule has 0 aromatic carbocycles. The Balaban J connectivity index is 3.23. The topological polar surface area (TPSA) is 113 Å². The van der Waals surface area contributed by atoms with Gasteiger partial charge in [0.1, 0.15) is 12.7 Å². The minimum atomic E-state index is -3.34. The van der Waals surface area contributed by atoms with Crippen molar-refractivity contribution < 1.29 is 23.4 Å². The van der Waals surface area contributed by atoms with E-state index in [1.807, 2.05) is 0 Å². The van der Waals surface area contributed by atoms with Crippen LogP contribution >= 0.6 is 0 Å². The zero-order valence-corrected chi connectivity index (χ0v) is 20.2. The van der Waals surface area contributed by atoms with Crippen LogP contribution < -0.4 is 17.1 Å². The van der Waals surface area contributed by atoms with E-state index in [9.17, 15) is 33.1 Å². The Labute approximate surface area is 176 Å². The Bertz CT molecular complexity index is 882. The summed E-state index contributed by atoms with van der Waals surface area (Å²) in [5.41, 5.74) is -2.42. The first-order chi connectivity index (χ1) is 14.0. The van der Waals surface area contributed by atoms with E-state index >= 15 is 0 Å². The molecule has 1 unspecified atom stereocenters.